The number of amides is 1. The Kier molecular flexibility index (Phi) is 3.56. The topological polar surface area (TPSA) is 70.5 Å². The fourth-order valence-electron chi connectivity index (χ4n) is 2.81. The molecule has 0 unspecified atom stereocenters. The quantitative estimate of drug-likeness (QED) is 0.917. The summed E-state index contributed by atoms with van der Waals surface area (Å²) in [5.41, 5.74) is 1.21. The van der Waals surface area contributed by atoms with Gasteiger partial charge in [0, 0.05) is 24.7 Å². The Balaban J connectivity index is 1.92. The fraction of sp³-hybridized carbons (Fsp3) is 0.312. The van der Waals surface area contributed by atoms with Gasteiger partial charge in [0.05, 0.1) is 17.0 Å². The van der Waals surface area contributed by atoms with E-state index < -0.39 is 11.9 Å². The highest BCUT2D eigenvalue weighted by Gasteiger charge is 2.29. The van der Waals surface area contributed by atoms with Crippen molar-refractivity contribution in [2.24, 2.45) is 5.92 Å². The van der Waals surface area contributed by atoms with E-state index in [1.807, 2.05) is 24.3 Å². The Morgan fingerprint density at radius 2 is 2.05 bits per heavy atom. The van der Waals surface area contributed by atoms with Crippen LogP contribution < -0.4 is 0 Å². The molecule has 2 aromatic rings. The maximum absolute atomic E-state index is 12.7. The van der Waals surface area contributed by atoms with Crippen molar-refractivity contribution in [1.29, 1.82) is 0 Å². The van der Waals surface area contributed by atoms with E-state index >= 15 is 0 Å². The molecule has 0 spiro atoms. The van der Waals surface area contributed by atoms with Gasteiger partial charge in [-0.3, -0.25) is 14.6 Å². The van der Waals surface area contributed by atoms with Gasteiger partial charge in [0.1, 0.15) is 0 Å². The third-order valence-corrected chi connectivity index (χ3v) is 3.92. The zero-order valence-corrected chi connectivity index (χ0v) is 11.5. The number of likely N-dealkylation sites (tertiary alicyclic amines) is 1. The predicted octanol–water partition coefficient (Wildman–Crippen LogP) is 2.17. The van der Waals surface area contributed by atoms with Crippen molar-refractivity contribution in [3.05, 3.63) is 42.1 Å². The van der Waals surface area contributed by atoms with E-state index in [0.717, 1.165) is 11.8 Å². The molecule has 0 bridgehead atoms. The fourth-order valence-corrected chi connectivity index (χ4v) is 2.81. The van der Waals surface area contributed by atoms with E-state index in [0.29, 0.717) is 24.0 Å². The molecule has 1 aliphatic rings. The summed E-state index contributed by atoms with van der Waals surface area (Å²) >= 11 is 0. The molecule has 5 nitrogen and oxygen atoms in total. The molecule has 21 heavy (non-hydrogen) atoms. The van der Waals surface area contributed by atoms with Crippen LogP contribution in [-0.4, -0.2) is 40.0 Å². The number of fused-ring (bicyclic) bond motifs is 1. The molecule has 2 heterocycles. The Bertz CT molecular complexity index is 693. The summed E-state index contributed by atoms with van der Waals surface area (Å²) in [6.45, 7) is 0.878. The van der Waals surface area contributed by atoms with Crippen LogP contribution in [0, 0.1) is 5.92 Å². The van der Waals surface area contributed by atoms with Crippen LogP contribution in [0.25, 0.3) is 10.9 Å². The van der Waals surface area contributed by atoms with Crippen molar-refractivity contribution in [3.8, 4) is 0 Å². The molecule has 1 saturated heterocycles. The lowest BCUT2D eigenvalue weighted by Crippen LogP contribution is -2.42. The summed E-state index contributed by atoms with van der Waals surface area (Å²) in [5, 5.41) is 10.0. The number of carbonyl (C=O) groups is 2. The van der Waals surface area contributed by atoms with Crippen LogP contribution >= 0.6 is 0 Å². The minimum Gasteiger partial charge on any atom is -0.481 e. The number of carboxylic acid groups (broad SMARTS) is 1. The van der Waals surface area contributed by atoms with Gasteiger partial charge in [-0.05, 0) is 25.0 Å². The van der Waals surface area contributed by atoms with Gasteiger partial charge in [-0.2, -0.15) is 0 Å². The molecule has 1 aromatic heterocycles. The number of para-hydroxylation sites is 1. The first-order chi connectivity index (χ1) is 10.2. The van der Waals surface area contributed by atoms with Gasteiger partial charge in [-0.1, -0.05) is 18.2 Å². The lowest BCUT2D eigenvalue weighted by Gasteiger charge is -2.30. The number of hydrogen-bond acceptors (Lipinski definition) is 3. The normalized spacial score (nSPS) is 18.7. The van der Waals surface area contributed by atoms with E-state index in [4.69, 9.17) is 5.11 Å². The Morgan fingerprint density at radius 3 is 2.86 bits per heavy atom. The van der Waals surface area contributed by atoms with Crippen LogP contribution in [0.1, 0.15) is 23.2 Å². The Hall–Kier alpha value is -2.43. The van der Waals surface area contributed by atoms with Crippen molar-refractivity contribution in [2.75, 3.05) is 13.1 Å². The van der Waals surface area contributed by atoms with Crippen molar-refractivity contribution in [1.82, 2.24) is 9.88 Å². The second-order valence-corrected chi connectivity index (χ2v) is 5.31. The van der Waals surface area contributed by atoms with E-state index in [1.165, 1.54) is 0 Å². The monoisotopic (exact) mass is 284 g/mol. The minimum absolute atomic E-state index is 0.134. The molecule has 108 valence electrons. The van der Waals surface area contributed by atoms with Crippen LogP contribution in [0.15, 0.2) is 36.5 Å². The van der Waals surface area contributed by atoms with Gasteiger partial charge in [-0.25, -0.2) is 0 Å². The maximum atomic E-state index is 12.7. The van der Waals surface area contributed by atoms with Crippen LogP contribution in [0.2, 0.25) is 0 Å². The first kappa shape index (κ1) is 13.5. The summed E-state index contributed by atoms with van der Waals surface area (Å²) in [4.78, 5) is 29.7. The van der Waals surface area contributed by atoms with Gasteiger partial charge >= 0.3 is 5.97 Å². The number of nitrogens with zero attached hydrogens (tertiary/aromatic N) is 2. The first-order valence-electron chi connectivity index (χ1n) is 7.02. The molecule has 1 aliphatic heterocycles. The molecule has 1 fully saturated rings. The molecular formula is C16H16N2O3. The van der Waals surface area contributed by atoms with Crippen molar-refractivity contribution in [3.63, 3.8) is 0 Å². The number of aliphatic carboxylic acids is 1. The highest BCUT2D eigenvalue weighted by atomic mass is 16.4. The number of carbonyl (C=O) groups excluding carboxylic acids is 1. The number of hydrogen-bond donors (Lipinski definition) is 1. The van der Waals surface area contributed by atoms with Crippen molar-refractivity contribution < 1.29 is 14.7 Å². The standard InChI is InChI=1S/C16H16N2O3/c19-15(18-9-3-6-12(10-18)16(20)21)13-7-1-4-11-5-2-8-17-14(11)13/h1-2,4-5,7-8,12H,3,6,9-10H2,(H,20,21)/t12-/m0/s1. The van der Waals surface area contributed by atoms with Crippen LogP contribution in [-0.2, 0) is 4.79 Å². The second-order valence-electron chi connectivity index (χ2n) is 5.31. The number of aromatic nitrogens is 1. The number of pyridine rings is 1. The van der Waals surface area contributed by atoms with E-state index in [2.05, 4.69) is 4.98 Å². The highest BCUT2D eigenvalue weighted by Crippen LogP contribution is 2.22. The number of carboxylic acids is 1. The zero-order valence-electron chi connectivity index (χ0n) is 11.5. The molecule has 0 radical (unpaired) electrons. The third kappa shape index (κ3) is 2.59. The molecule has 1 N–H and O–H groups in total. The zero-order chi connectivity index (χ0) is 14.8. The van der Waals surface area contributed by atoms with E-state index in [-0.39, 0.29) is 12.5 Å². The summed E-state index contributed by atoms with van der Waals surface area (Å²) in [6.07, 6.45) is 3.02. The molecule has 1 amide bonds. The van der Waals surface area contributed by atoms with E-state index in [9.17, 15) is 9.59 Å². The SMILES string of the molecule is O=C(O)[C@H]1CCCN(C(=O)c2cccc3cccnc23)C1. The Labute approximate surface area is 122 Å². The number of benzene rings is 1. The average Bonchev–Trinajstić information content (AvgIpc) is 2.53. The maximum Gasteiger partial charge on any atom is 0.308 e. The van der Waals surface area contributed by atoms with Gasteiger partial charge in [0.2, 0.25) is 0 Å². The average molecular weight is 284 g/mol. The molecule has 0 aliphatic carbocycles. The van der Waals surface area contributed by atoms with Gasteiger partial charge in [0.25, 0.3) is 5.91 Å². The lowest BCUT2D eigenvalue weighted by atomic mass is 9.97. The van der Waals surface area contributed by atoms with Crippen LogP contribution in [0.5, 0.6) is 0 Å². The minimum atomic E-state index is -0.830. The van der Waals surface area contributed by atoms with Gasteiger partial charge < -0.3 is 10.0 Å². The van der Waals surface area contributed by atoms with Gasteiger partial charge in [0.15, 0.2) is 0 Å². The van der Waals surface area contributed by atoms with Crippen LogP contribution in [0.4, 0.5) is 0 Å². The second kappa shape index (κ2) is 5.52. The van der Waals surface area contributed by atoms with Gasteiger partial charge in [-0.15, -0.1) is 0 Å². The molecular weight excluding hydrogens is 268 g/mol. The highest BCUT2D eigenvalue weighted by molar-refractivity contribution is 6.05. The molecule has 5 heteroatoms. The smallest absolute Gasteiger partial charge is 0.308 e. The summed E-state index contributed by atoms with van der Waals surface area (Å²) in [5.74, 6) is -1.43. The van der Waals surface area contributed by atoms with Crippen molar-refractivity contribution in [2.45, 2.75) is 12.8 Å². The molecule has 3 rings (SSSR count). The summed E-state index contributed by atoms with van der Waals surface area (Å²) in [7, 11) is 0. The number of piperidine rings is 1. The third-order valence-electron chi connectivity index (χ3n) is 3.92. The first-order valence-corrected chi connectivity index (χ1v) is 7.02. The molecule has 0 saturated carbocycles. The van der Waals surface area contributed by atoms with Crippen LogP contribution in [0.3, 0.4) is 0 Å². The largest absolute Gasteiger partial charge is 0.481 e. The van der Waals surface area contributed by atoms with Crippen molar-refractivity contribution >= 4 is 22.8 Å². The summed E-state index contributed by atoms with van der Waals surface area (Å²) < 4.78 is 0. The number of rotatable bonds is 2. The molecule has 1 aromatic carbocycles. The predicted molar refractivity (Wildman–Crippen MR) is 78.0 cm³/mol. The Morgan fingerprint density at radius 1 is 1.24 bits per heavy atom. The lowest BCUT2D eigenvalue weighted by molar-refractivity contribution is -0.143. The summed E-state index contributed by atoms with van der Waals surface area (Å²) in [6, 6.07) is 9.24. The molecule has 1 atom stereocenters. The van der Waals surface area contributed by atoms with E-state index in [1.54, 1.807) is 17.2 Å².